The third-order valence-corrected chi connectivity index (χ3v) is 7.77. The lowest BCUT2D eigenvalue weighted by atomic mass is 9.64. The molecule has 31 heavy (non-hydrogen) atoms. The Bertz CT molecular complexity index is 743. The van der Waals surface area contributed by atoms with Gasteiger partial charge in [0.2, 0.25) is 0 Å². The molecule has 0 spiro atoms. The average Bonchev–Trinajstić information content (AvgIpc) is 2.78. The molecule has 3 saturated carbocycles. The van der Waals surface area contributed by atoms with Crippen LogP contribution in [0.4, 0.5) is 4.79 Å². The molecule has 1 aromatic carbocycles. The van der Waals surface area contributed by atoms with E-state index in [9.17, 15) is 9.59 Å². The molecule has 0 heterocycles. The predicted molar refractivity (Wildman–Crippen MR) is 119 cm³/mol. The standard InChI is InChI=1S/C26H37NO4/c1-26(16-8-3-9-17-26)31-25(29)27-23-21-13-7-6-12-20(21)14-15-22(23)24(28)30-18-19-10-4-2-5-11-19/h2,4-5,10-11,20-23H,3,6-9,12-18H2,1H3,(H,27,29). The molecule has 1 N–H and O–H groups in total. The van der Waals surface area contributed by atoms with Gasteiger partial charge in [-0.25, -0.2) is 4.79 Å². The summed E-state index contributed by atoms with van der Waals surface area (Å²) >= 11 is 0. The number of benzene rings is 1. The van der Waals surface area contributed by atoms with Gasteiger partial charge in [-0.1, -0.05) is 56.0 Å². The molecule has 0 radical (unpaired) electrons. The van der Waals surface area contributed by atoms with Crippen LogP contribution in [0, 0.1) is 17.8 Å². The van der Waals surface area contributed by atoms with Crippen molar-refractivity contribution in [1.82, 2.24) is 5.32 Å². The van der Waals surface area contributed by atoms with Gasteiger partial charge in [0.25, 0.3) is 0 Å². The Labute approximate surface area is 186 Å². The summed E-state index contributed by atoms with van der Waals surface area (Å²) in [5, 5.41) is 3.16. The Kier molecular flexibility index (Phi) is 7.19. The predicted octanol–water partition coefficient (Wildman–Crippen LogP) is 5.76. The van der Waals surface area contributed by atoms with Crippen LogP contribution in [0.2, 0.25) is 0 Å². The summed E-state index contributed by atoms with van der Waals surface area (Å²) in [6.07, 6.45) is 11.4. The van der Waals surface area contributed by atoms with Gasteiger partial charge >= 0.3 is 12.1 Å². The minimum Gasteiger partial charge on any atom is -0.461 e. The topological polar surface area (TPSA) is 64.6 Å². The summed E-state index contributed by atoms with van der Waals surface area (Å²) in [4.78, 5) is 26.0. The first-order valence-corrected chi connectivity index (χ1v) is 12.2. The van der Waals surface area contributed by atoms with Gasteiger partial charge in [0.15, 0.2) is 0 Å². The maximum atomic E-state index is 13.1. The van der Waals surface area contributed by atoms with E-state index in [-0.39, 0.29) is 36.2 Å². The number of fused-ring (bicyclic) bond motifs is 1. The van der Waals surface area contributed by atoms with Crippen LogP contribution in [0.1, 0.15) is 83.1 Å². The molecule has 170 valence electrons. The van der Waals surface area contributed by atoms with Crippen molar-refractivity contribution in [3.8, 4) is 0 Å². The number of alkyl carbamates (subject to hydrolysis) is 1. The summed E-state index contributed by atoms with van der Waals surface area (Å²) in [5.41, 5.74) is 0.600. The molecular weight excluding hydrogens is 390 g/mol. The number of hydrogen-bond acceptors (Lipinski definition) is 4. The molecule has 4 rings (SSSR count). The first-order chi connectivity index (χ1) is 15.0. The molecule has 3 aliphatic carbocycles. The molecular formula is C26H37NO4. The van der Waals surface area contributed by atoms with Gasteiger partial charge in [0.05, 0.1) is 5.92 Å². The summed E-state index contributed by atoms with van der Waals surface area (Å²) in [5.74, 6) is 0.433. The highest BCUT2D eigenvalue weighted by Gasteiger charge is 2.45. The summed E-state index contributed by atoms with van der Waals surface area (Å²) in [6.45, 7) is 2.32. The van der Waals surface area contributed by atoms with Crippen molar-refractivity contribution < 1.29 is 19.1 Å². The lowest BCUT2D eigenvalue weighted by Gasteiger charge is -2.45. The molecule has 5 heteroatoms. The highest BCUT2D eigenvalue weighted by molar-refractivity contribution is 5.75. The van der Waals surface area contributed by atoms with Crippen molar-refractivity contribution in [3.63, 3.8) is 0 Å². The number of carbonyl (C=O) groups is 2. The Morgan fingerprint density at radius 1 is 0.968 bits per heavy atom. The summed E-state index contributed by atoms with van der Waals surface area (Å²) in [6, 6.07) is 9.58. The van der Waals surface area contributed by atoms with Crippen LogP contribution in [0.15, 0.2) is 30.3 Å². The van der Waals surface area contributed by atoms with Crippen molar-refractivity contribution >= 4 is 12.1 Å². The van der Waals surface area contributed by atoms with Gasteiger partial charge in [0, 0.05) is 6.04 Å². The molecule has 3 aliphatic rings. The van der Waals surface area contributed by atoms with E-state index in [0.29, 0.717) is 11.8 Å². The second kappa shape index (κ2) is 10.1. The normalized spacial score (nSPS) is 30.0. The van der Waals surface area contributed by atoms with Crippen LogP contribution in [-0.4, -0.2) is 23.7 Å². The number of hydrogen-bond donors (Lipinski definition) is 1. The molecule has 0 aromatic heterocycles. The molecule has 0 saturated heterocycles. The van der Waals surface area contributed by atoms with Crippen molar-refractivity contribution in [2.45, 2.75) is 95.8 Å². The van der Waals surface area contributed by atoms with Crippen LogP contribution in [0.5, 0.6) is 0 Å². The SMILES string of the molecule is CC1(OC(=O)NC2C(C(=O)OCc3ccccc3)CCC3CCCCC32)CCCCC1. The molecule has 4 unspecified atom stereocenters. The largest absolute Gasteiger partial charge is 0.461 e. The van der Waals surface area contributed by atoms with E-state index in [0.717, 1.165) is 56.9 Å². The number of amides is 1. The van der Waals surface area contributed by atoms with Crippen LogP contribution in [-0.2, 0) is 20.9 Å². The second-order valence-corrected chi connectivity index (χ2v) is 10.1. The maximum absolute atomic E-state index is 13.1. The molecule has 0 bridgehead atoms. The quantitative estimate of drug-likeness (QED) is 0.607. The van der Waals surface area contributed by atoms with E-state index in [1.165, 1.54) is 19.3 Å². The van der Waals surface area contributed by atoms with E-state index in [4.69, 9.17) is 9.47 Å². The molecule has 4 atom stereocenters. The van der Waals surface area contributed by atoms with E-state index in [2.05, 4.69) is 5.32 Å². The third-order valence-electron chi connectivity index (χ3n) is 7.77. The number of rotatable bonds is 5. The van der Waals surface area contributed by atoms with Crippen molar-refractivity contribution in [3.05, 3.63) is 35.9 Å². The van der Waals surface area contributed by atoms with E-state index < -0.39 is 0 Å². The van der Waals surface area contributed by atoms with Crippen LogP contribution >= 0.6 is 0 Å². The smallest absolute Gasteiger partial charge is 0.407 e. The number of ether oxygens (including phenoxy) is 2. The van der Waals surface area contributed by atoms with Gasteiger partial charge in [-0.2, -0.15) is 0 Å². The third kappa shape index (κ3) is 5.61. The molecule has 1 amide bonds. The zero-order valence-corrected chi connectivity index (χ0v) is 18.8. The van der Waals surface area contributed by atoms with Gasteiger partial charge < -0.3 is 14.8 Å². The molecule has 5 nitrogen and oxygen atoms in total. The number of nitrogens with one attached hydrogen (secondary N) is 1. The van der Waals surface area contributed by atoms with Crippen LogP contribution < -0.4 is 5.32 Å². The molecule has 3 fully saturated rings. The minimum atomic E-state index is -0.383. The van der Waals surface area contributed by atoms with Gasteiger partial charge in [-0.3, -0.25) is 4.79 Å². The monoisotopic (exact) mass is 427 g/mol. The van der Waals surface area contributed by atoms with Crippen molar-refractivity contribution in [2.24, 2.45) is 17.8 Å². The first kappa shape index (κ1) is 22.2. The number of esters is 1. The van der Waals surface area contributed by atoms with Crippen LogP contribution in [0.25, 0.3) is 0 Å². The Hall–Kier alpha value is -2.04. The molecule has 0 aliphatic heterocycles. The number of carbonyl (C=O) groups excluding carboxylic acids is 2. The Morgan fingerprint density at radius 3 is 2.48 bits per heavy atom. The van der Waals surface area contributed by atoms with Crippen LogP contribution in [0.3, 0.4) is 0 Å². The zero-order chi connectivity index (χ0) is 21.7. The lowest BCUT2D eigenvalue weighted by Crippen LogP contribution is -2.54. The van der Waals surface area contributed by atoms with Crippen molar-refractivity contribution in [1.29, 1.82) is 0 Å². The summed E-state index contributed by atoms with van der Waals surface area (Å²) in [7, 11) is 0. The first-order valence-electron chi connectivity index (χ1n) is 12.2. The highest BCUT2D eigenvalue weighted by atomic mass is 16.6. The zero-order valence-electron chi connectivity index (χ0n) is 18.8. The Balaban J connectivity index is 1.42. The minimum absolute atomic E-state index is 0.193. The van der Waals surface area contributed by atoms with Gasteiger partial charge in [0.1, 0.15) is 12.2 Å². The molecule has 1 aromatic rings. The van der Waals surface area contributed by atoms with E-state index in [1.54, 1.807) is 0 Å². The highest BCUT2D eigenvalue weighted by Crippen LogP contribution is 2.43. The fourth-order valence-corrected chi connectivity index (χ4v) is 6.04. The van der Waals surface area contributed by atoms with Gasteiger partial charge in [-0.15, -0.1) is 0 Å². The van der Waals surface area contributed by atoms with E-state index >= 15 is 0 Å². The average molecular weight is 428 g/mol. The van der Waals surface area contributed by atoms with Crippen molar-refractivity contribution in [2.75, 3.05) is 0 Å². The summed E-state index contributed by atoms with van der Waals surface area (Å²) < 4.78 is 11.6. The second-order valence-electron chi connectivity index (χ2n) is 10.1. The fraction of sp³-hybridized carbons (Fsp3) is 0.692. The fourth-order valence-electron chi connectivity index (χ4n) is 6.04. The Morgan fingerprint density at radius 2 is 1.71 bits per heavy atom. The maximum Gasteiger partial charge on any atom is 0.407 e. The van der Waals surface area contributed by atoms with E-state index in [1.807, 2.05) is 37.3 Å². The lowest BCUT2D eigenvalue weighted by molar-refractivity contribution is -0.154. The van der Waals surface area contributed by atoms with Gasteiger partial charge in [-0.05, 0) is 69.3 Å².